The molecule has 7 nitrogen and oxygen atoms in total. The number of amidine groups is 1. The van der Waals surface area contributed by atoms with E-state index in [1.54, 1.807) is 13.2 Å². The Kier molecular flexibility index (Phi) is 6.38. The first-order valence-corrected chi connectivity index (χ1v) is 10.9. The lowest BCUT2D eigenvalue weighted by atomic mass is 9.80. The van der Waals surface area contributed by atoms with Crippen molar-refractivity contribution in [2.24, 2.45) is 16.6 Å². The van der Waals surface area contributed by atoms with Crippen LogP contribution in [0.1, 0.15) is 34.5 Å². The highest BCUT2D eigenvalue weighted by Crippen LogP contribution is 2.52. The Morgan fingerprint density at radius 1 is 1.34 bits per heavy atom. The predicted octanol–water partition coefficient (Wildman–Crippen LogP) is 3.32. The predicted molar refractivity (Wildman–Crippen MR) is 112 cm³/mol. The average molecular weight is 466 g/mol. The maximum Gasteiger partial charge on any atom is 0.388 e. The Morgan fingerprint density at radius 2 is 2.16 bits per heavy atom. The largest absolute Gasteiger partial charge is 0.415 e. The fourth-order valence-electron chi connectivity index (χ4n) is 4.42. The number of carbonyl (C=O) groups is 1. The third kappa shape index (κ3) is 4.31. The summed E-state index contributed by atoms with van der Waals surface area (Å²) >= 11 is 1.43. The Hall–Kier alpha value is -2.66. The molecule has 2 aliphatic rings. The Bertz CT molecular complexity index is 1040. The number of hydrogen-bond donors (Lipinski definition) is 1. The van der Waals surface area contributed by atoms with Crippen molar-refractivity contribution in [1.29, 1.82) is 0 Å². The van der Waals surface area contributed by atoms with Crippen LogP contribution in [0.3, 0.4) is 0 Å². The molecule has 0 unspecified atom stereocenters. The molecule has 0 bridgehead atoms. The van der Waals surface area contributed by atoms with Crippen molar-refractivity contribution in [2.45, 2.75) is 37.5 Å². The van der Waals surface area contributed by atoms with Gasteiger partial charge in [0.2, 0.25) is 5.88 Å². The number of aliphatic imine (C=N–C) groups is 1. The van der Waals surface area contributed by atoms with Gasteiger partial charge in [0.25, 0.3) is 0 Å². The molecule has 32 heavy (non-hydrogen) atoms. The molecule has 2 aromatic rings. The molecule has 2 N–H and O–H groups in total. The van der Waals surface area contributed by atoms with Gasteiger partial charge < -0.3 is 15.2 Å². The van der Waals surface area contributed by atoms with Crippen molar-refractivity contribution < 1.29 is 27.4 Å². The Labute approximate surface area is 186 Å². The Morgan fingerprint density at radius 3 is 2.84 bits per heavy atom. The lowest BCUT2D eigenvalue weighted by Crippen LogP contribution is -2.41. The van der Waals surface area contributed by atoms with Crippen LogP contribution in [-0.4, -0.2) is 46.5 Å². The number of rotatable bonds is 7. The lowest BCUT2D eigenvalue weighted by Gasteiger charge is -2.37. The first-order chi connectivity index (χ1) is 15.3. The van der Waals surface area contributed by atoms with Crippen LogP contribution < -0.4 is 10.5 Å². The fourth-order valence-corrected chi connectivity index (χ4v) is 5.49. The molecule has 0 saturated heterocycles. The van der Waals surface area contributed by atoms with E-state index in [0.29, 0.717) is 28.5 Å². The quantitative estimate of drug-likeness (QED) is 0.625. The number of fused-ring (bicyclic) bond motifs is 1. The number of nitrogens with two attached hydrogens (primary N) is 1. The number of ether oxygens (including phenoxy) is 2. The lowest BCUT2D eigenvalue weighted by molar-refractivity contribution is -0.0531. The molecule has 1 aromatic carbocycles. The molecule has 0 spiro atoms. The van der Waals surface area contributed by atoms with E-state index in [2.05, 4.69) is 19.7 Å². The fraction of sp³-hybridized carbons (Fsp3) is 0.429. The smallest absolute Gasteiger partial charge is 0.388 e. The minimum absolute atomic E-state index is 0.00910. The van der Waals surface area contributed by atoms with Crippen LogP contribution in [0.5, 0.6) is 5.88 Å². The summed E-state index contributed by atoms with van der Waals surface area (Å²) in [5.74, 6) is -0.571. The summed E-state index contributed by atoms with van der Waals surface area (Å²) in [6, 6.07) is 4.49. The van der Waals surface area contributed by atoms with E-state index in [1.807, 2.05) is 0 Å². The maximum absolute atomic E-state index is 15.0. The minimum Gasteiger partial charge on any atom is -0.415 e. The molecule has 0 amide bonds. The second-order valence-corrected chi connectivity index (χ2v) is 8.68. The molecule has 1 aromatic heterocycles. The van der Waals surface area contributed by atoms with Crippen molar-refractivity contribution in [3.05, 3.63) is 53.2 Å². The van der Waals surface area contributed by atoms with Gasteiger partial charge in [-0.05, 0) is 30.5 Å². The van der Waals surface area contributed by atoms with Crippen LogP contribution >= 0.6 is 11.8 Å². The first kappa shape index (κ1) is 22.5. The summed E-state index contributed by atoms with van der Waals surface area (Å²) in [6.07, 6.45) is 3.21. The number of alkyl halides is 2. The van der Waals surface area contributed by atoms with E-state index in [0.717, 1.165) is 18.8 Å². The van der Waals surface area contributed by atoms with E-state index in [1.165, 1.54) is 23.9 Å². The standard InChI is InChI=1S/C21H21F3N4O3S/c1-30-17-4-5-21(13(17)10-32-20(25)28-21)12-6-11(2-3-14(12)22)7-16(29)15-8-27-18(9-26-15)31-19(23)24/h2-3,6,8-9,13,17,19H,4-5,7,10H2,1H3,(H2,25,28)/t13-,17+,21-/m1/s1. The normalized spacial score (nSPS) is 24.8. The van der Waals surface area contributed by atoms with Crippen molar-refractivity contribution >= 4 is 22.7 Å². The van der Waals surface area contributed by atoms with Crippen molar-refractivity contribution in [1.82, 2.24) is 9.97 Å². The third-order valence-corrected chi connectivity index (χ3v) is 6.79. The van der Waals surface area contributed by atoms with Gasteiger partial charge in [0.05, 0.1) is 24.0 Å². The summed E-state index contributed by atoms with van der Waals surface area (Å²) in [6.45, 7) is -3.03. The summed E-state index contributed by atoms with van der Waals surface area (Å²) in [4.78, 5) is 24.8. The highest BCUT2D eigenvalue weighted by molar-refractivity contribution is 8.13. The minimum atomic E-state index is -3.03. The number of hydrogen-bond acceptors (Lipinski definition) is 8. The first-order valence-electron chi connectivity index (χ1n) is 9.92. The number of Topliss-reactive ketones (excluding diaryl/α,β-unsaturated/α-hetero) is 1. The van der Waals surface area contributed by atoms with Crippen LogP contribution in [-0.2, 0) is 16.7 Å². The van der Waals surface area contributed by atoms with E-state index in [-0.39, 0.29) is 30.0 Å². The molecule has 1 saturated carbocycles. The van der Waals surface area contributed by atoms with E-state index < -0.39 is 23.8 Å². The average Bonchev–Trinajstić information content (AvgIpc) is 3.13. The van der Waals surface area contributed by atoms with Gasteiger partial charge in [-0.1, -0.05) is 17.8 Å². The number of benzene rings is 1. The van der Waals surface area contributed by atoms with Crippen LogP contribution in [0.15, 0.2) is 35.6 Å². The van der Waals surface area contributed by atoms with Gasteiger partial charge in [-0.3, -0.25) is 9.79 Å². The second kappa shape index (κ2) is 9.07. The number of aromatic nitrogens is 2. The number of thioether (sulfide) groups is 1. The molecule has 2 heterocycles. The summed E-state index contributed by atoms with van der Waals surface area (Å²) in [5.41, 5.74) is 6.12. The van der Waals surface area contributed by atoms with Gasteiger partial charge in [-0.2, -0.15) is 8.78 Å². The Balaban J connectivity index is 1.60. The van der Waals surface area contributed by atoms with E-state index in [9.17, 15) is 13.6 Å². The zero-order chi connectivity index (χ0) is 22.9. The second-order valence-electron chi connectivity index (χ2n) is 7.64. The maximum atomic E-state index is 15.0. The molecule has 1 aliphatic heterocycles. The zero-order valence-corrected chi connectivity index (χ0v) is 17.9. The summed E-state index contributed by atoms with van der Waals surface area (Å²) in [5, 5.41) is 0.403. The number of ketones is 1. The van der Waals surface area contributed by atoms with Gasteiger partial charge in [0, 0.05) is 30.8 Å². The summed E-state index contributed by atoms with van der Waals surface area (Å²) < 4.78 is 49.2. The molecular formula is C21H21F3N4O3S. The molecule has 1 aliphatic carbocycles. The highest BCUT2D eigenvalue weighted by atomic mass is 32.2. The SMILES string of the molecule is CO[C@H]1CC[C@]2(c3cc(CC(=O)c4cnc(OC(F)F)cn4)ccc3F)N=C(N)SC[C@H]12. The van der Waals surface area contributed by atoms with Gasteiger partial charge in [0.1, 0.15) is 11.5 Å². The zero-order valence-electron chi connectivity index (χ0n) is 17.1. The van der Waals surface area contributed by atoms with Crippen LogP contribution in [0.4, 0.5) is 13.2 Å². The van der Waals surface area contributed by atoms with Crippen LogP contribution in [0, 0.1) is 11.7 Å². The molecule has 170 valence electrons. The van der Waals surface area contributed by atoms with E-state index >= 15 is 4.39 Å². The van der Waals surface area contributed by atoms with Crippen molar-refractivity contribution in [3.8, 4) is 5.88 Å². The van der Waals surface area contributed by atoms with Crippen molar-refractivity contribution in [3.63, 3.8) is 0 Å². The number of halogens is 3. The molecule has 0 radical (unpaired) electrons. The number of methoxy groups -OCH3 is 1. The molecule has 11 heteroatoms. The number of carbonyl (C=O) groups excluding carboxylic acids is 1. The van der Waals surface area contributed by atoms with Crippen molar-refractivity contribution in [2.75, 3.05) is 12.9 Å². The molecule has 4 rings (SSSR count). The van der Waals surface area contributed by atoms with Gasteiger partial charge >= 0.3 is 6.61 Å². The molecule has 1 fully saturated rings. The molecule has 3 atom stereocenters. The monoisotopic (exact) mass is 466 g/mol. The highest BCUT2D eigenvalue weighted by Gasteiger charge is 2.53. The van der Waals surface area contributed by atoms with Gasteiger partial charge in [-0.25, -0.2) is 14.4 Å². The third-order valence-electron chi connectivity index (χ3n) is 5.88. The van der Waals surface area contributed by atoms with E-state index in [4.69, 9.17) is 10.5 Å². The molecular weight excluding hydrogens is 445 g/mol. The topological polar surface area (TPSA) is 99.7 Å². The van der Waals surface area contributed by atoms with Gasteiger partial charge in [0.15, 0.2) is 11.0 Å². The van der Waals surface area contributed by atoms with Gasteiger partial charge in [-0.15, -0.1) is 0 Å². The van der Waals surface area contributed by atoms with Crippen LogP contribution in [0.2, 0.25) is 0 Å². The summed E-state index contributed by atoms with van der Waals surface area (Å²) in [7, 11) is 1.64. The van der Waals surface area contributed by atoms with Crippen LogP contribution in [0.25, 0.3) is 0 Å². The number of nitrogens with zero attached hydrogens (tertiary/aromatic N) is 3.